The number of aliphatic hydroxyl groups is 1. The van der Waals surface area contributed by atoms with E-state index in [1.165, 1.54) is 52.7 Å². The van der Waals surface area contributed by atoms with Crippen LogP contribution in [0, 0.1) is 17.8 Å². The van der Waals surface area contributed by atoms with Gasteiger partial charge in [0.2, 0.25) is 70.9 Å². The number of aliphatic carboxylic acids is 1. The molecule has 0 aromatic heterocycles. The second-order valence-electron chi connectivity index (χ2n) is 23.7. The van der Waals surface area contributed by atoms with Crippen LogP contribution in [0.2, 0.25) is 0 Å². The molecule has 1 fully saturated rings. The number of aliphatic imine (C=N–C) groups is 1. The number of nitrogens with two attached hydrogens (primary N) is 4. The number of carboxylic acid groups (broad SMARTS) is 1. The molecule has 32 nitrogen and oxygen atoms in total. The van der Waals surface area contributed by atoms with Gasteiger partial charge < -0.3 is 96.3 Å². The molecule has 0 unspecified atom stereocenters. The second kappa shape index (κ2) is 42.3. The summed E-state index contributed by atoms with van der Waals surface area (Å²) >= 11 is 2.77. The molecule has 1 aliphatic heterocycles. The standard InChI is InChI=1S/C59H98N16O16S2/c1-31(2)25-40(73-56(88)48(61)33(5)6)49(81)65-28-46(79)67-36(17-18-45(60)78)51(83)74-43(30-76)50(82)66-29-47(80)68-42(27-34-13-15-35(77)16-14-34)54(86)72-41(26-32(3)4)53(85)70-38(20-24-93-8)57(89)75-22-10-12-44(75)55(87)69-37(19-23-92-7)52(84)71-39(58(90)91)11-9-21-64-59(62)63/h13-16,31-33,36-44,48,76-77H,9-12,17-30,61H2,1-8H3,(H2,60,78)(H,65,81)(H,66,82)(H,67,79)(H,68,80)(H,69,87)(H,70,85)(H,71,84)(H,72,86)(H,73,88)(H,74,83)(H,90,91)(H4,62,63,64)/t36-,37-,38-,39-,40-,41-,42-,43-,44-,48-/m0/s1. The number of aromatic hydroxyl groups is 1. The number of carbonyl (C=O) groups excluding carboxylic acids is 12. The molecule has 1 aromatic rings. The number of phenols is 1. The van der Waals surface area contributed by atoms with Gasteiger partial charge >= 0.3 is 5.97 Å². The Morgan fingerprint density at radius 3 is 1.58 bits per heavy atom. The molecule has 0 spiro atoms. The quantitative estimate of drug-likeness (QED) is 0.0168. The SMILES string of the molecule is CSCC[C@H](NC(=O)[C@@H]1CCCN1C(=O)[C@H](CCSC)NC(=O)[C@H](CC(C)C)NC(=O)[C@H](Cc1ccc(O)cc1)NC(=O)CNC(=O)[C@H](CO)NC(=O)[C@H](CCC(N)=O)NC(=O)CNC(=O)[C@H](CC(C)C)NC(=O)[C@@H](N)C(C)C)C(=O)N[C@@H](CCCN=C(N)N)C(=O)O. The van der Waals surface area contributed by atoms with Crippen molar-refractivity contribution in [2.24, 2.45) is 45.7 Å². The Hall–Kier alpha value is -7.98. The summed E-state index contributed by atoms with van der Waals surface area (Å²) in [4.78, 5) is 180. The van der Waals surface area contributed by atoms with E-state index in [0.29, 0.717) is 23.5 Å². The normalized spacial score (nSPS) is 15.7. The first-order valence-corrected chi connectivity index (χ1v) is 33.6. The molecule has 0 saturated carbocycles. The highest BCUT2D eigenvalue weighted by Crippen LogP contribution is 2.22. The number of carboxylic acids is 1. The van der Waals surface area contributed by atoms with Crippen molar-refractivity contribution in [3.63, 3.8) is 0 Å². The fraction of sp³-hybridized carbons (Fsp3) is 0.661. The Kier molecular flexibility index (Phi) is 36.9. The highest BCUT2D eigenvalue weighted by atomic mass is 32.2. The van der Waals surface area contributed by atoms with E-state index in [2.05, 4.69) is 58.2 Å². The summed E-state index contributed by atoms with van der Waals surface area (Å²) in [7, 11) is 0. The molecule has 10 atom stereocenters. The molecule has 0 aliphatic carbocycles. The van der Waals surface area contributed by atoms with E-state index in [4.69, 9.17) is 22.9 Å². The fourth-order valence-corrected chi connectivity index (χ4v) is 10.4. The topological polar surface area (TPSA) is 523 Å². The molecule has 522 valence electrons. The number of benzene rings is 1. The first-order valence-electron chi connectivity index (χ1n) is 30.8. The number of likely N-dealkylation sites (tertiary alicyclic amines) is 1. The van der Waals surface area contributed by atoms with Crippen molar-refractivity contribution >= 4 is 106 Å². The fourth-order valence-electron chi connectivity index (χ4n) is 9.49. The van der Waals surface area contributed by atoms with E-state index in [1.807, 2.05) is 13.8 Å². The van der Waals surface area contributed by atoms with Gasteiger partial charge in [0.25, 0.3) is 0 Å². The average molecular weight is 1350 g/mol. The van der Waals surface area contributed by atoms with Crippen molar-refractivity contribution in [2.45, 2.75) is 173 Å². The number of nitrogens with one attached hydrogen (secondary N) is 10. The van der Waals surface area contributed by atoms with Crippen LogP contribution in [0.15, 0.2) is 29.3 Å². The molecule has 1 aliphatic rings. The van der Waals surface area contributed by atoms with Crippen LogP contribution in [0.25, 0.3) is 0 Å². The van der Waals surface area contributed by atoms with Crippen LogP contribution in [0.1, 0.15) is 111 Å². The number of thioether (sulfide) groups is 2. The molecule has 34 heteroatoms. The first kappa shape index (κ1) is 81.1. The van der Waals surface area contributed by atoms with E-state index in [0.717, 1.165) is 0 Å². The zero-order valence-corrected chi connectivity index (χ0v) is 55.8. The third-order valence-corrected chi connectivity index (χ3v) is 15.9. The molecule has 0 radical (unpaired) electrons. The number of hydrogen-bond donors (Lipinski definition) is 17. The minimum Gasteiger partial charge on any atom is -0.508 e. The number of phenolic OH excluding ortho intramolecular Hbond substituents is 1. The number of primary amides is 1. The lowest BCUT2D eigenvalue weighted by atomic mass is 10.0. The van der Waals surface area contributed by atoms with Gasteiger partial charge in [0.1, 0.15) is 60.1 Å². The molecular weight excluding hydrogens is 1250 g/mol. The van der Waals surface area contributed by atoms with Gasteiger partial charge in [-0.1, -0.05) is 53.7 Å². The molecule has 1 heterocycles. The summed E-state index contributed by atoms with van der Waals surface area (Å²) in [5.74, 6) is -11.3. The van der Waals surface area contributed by atoms with Crippen molar-refractivity contribution in [3.8, 4) is 5.75 Å². The van der Waals surface area contributed by atoms with Crippen molar-refractivity contribution in [1.29, 1.82) is 0 Å². The third kappa shape index (κ3) is 30.6. The summed E-state index contributed by atoms with van der Waals surface area (Å²) in [6, 6.07) is -7.26. The highest BCUT2D eigenvalue weighted by molar-refractivity contribution is 7.98. The molecular formula is C59H98N16O16S2. The molecule has 1 saturated heterocycles. The van der Waals surface area contributed by atoms with E-state index >= 15 is 0 Å². The molecule has 1 aromatic carbocycles. The molecule has 21 N–H and O–H groups in total. The van der Waals surface area contributed by atoms with Gasteiger partial charge in [-0.15, -0.1) is 0 Å². The minimum absolute atomic E-state index is 0.0127. The number of guanidine groups is 1. The van der Waals surface area contributed by atoms with Gasteiger partial charge in [0.15, 0.2) is 5.96 Å². The number of carbonyl (C=O) groups is 13. The van der Waals surface area contributed by atoms with Crippen LogP contribution in [0.4, 0.5) is 0 Å². The Balaban J connectivity index is 2.31. The number of amides is 12. The Morgan fingerprint density at radius 1 is 0.591 bits per heavy atom. The van der Waals surface area contributed by atoms with E-state index < -0.39 is 163 Å². The predicted molar refractivity (Wildman–Crippen MR) is 349 cm³/mol. The van der Waals surface area contributed by atoms with Gasteiger partial charge in [-0.2, -0.15) is 23.5 Å². The number of aliphatic hydroxyl groups excluding tert-OH is 1. The maximum atomic E-state index is 14.6. The van der Waals surface area contributed by atoms with Crippen LogP contribution in [0.3, 0.4) is 0 Å². The smallest absolute Gasteiger partial charge is 0.326 e. The van der Waals surface area contributed by atoms with Gasteiger partial charge in [-0.3, -0.25) is 62.5 Å². The van der Waals surface area contributed by atoms with Crippen LogP contribution in [-0.4, -0.2) is 220 Å². The van der Waals surface area contributed by atoms with Crippen molar-refractivity contribution in [3.05, 3.63) is 29.8 Å². The maximum absolute atomic E-state index is 14.6. The summed E-state index contributed by atoms with van der Waals surface area (Å²) in [5, 5.41) is 55.2. The summed E-state index contributed by atoms with van der Waals surface area (Å²) in [6.45, 7) is 8.29. The number of hydrogen-bond acceptors (Lipinski definition) is 19. The van der Waals surface area contributed by atoms with Crippen molar-refractivity contribution in [1.82, 2.24) is 58.1 Å². The van der Waals surface area contributed by atoms with Crippen molar-refractivity contribution in [2.75, 3.05) is 56.8 Å². The largest absolute Gasteiger partial charge is 0.508 e. The lowest BCUT2D eigenvalue weighted by Crippen LogP contribution is -2.60. The van der Waals surface area contributed by atoms with Gasteiger partial charge in [-0.05, 0) is 117 Å². The lowest BCUT2D eigenvalue weighted by molar-refractivity contribution is -0.143. The Morgan fingerprint density at radius 2 is 1.06 bits per heavy atom. The Bertz CT molecular complexity index is 2720. The minimum atomic E-state index is -1.76. The van der Waals surface area contributed by atoms with Crippen LogP contribution >= 0.6 is 23.5 Å². The van der Waals surface area contributed by atoms with E-state index in [-0.39, 0.29) is 100 Å². The second-order valence-corrected chi connectivity index (χ2v) is 25.6. The predicted octanol–water partition coefficient (Wildman–Crippen LogP) is -3.99. The average Bonchev–Trinajstić information content (AvgIpc) is 1.77. The number of rotatable bonds is 43. The highest BCUT2D eigenvalue weighted by Gasteiger charge is 2.40. The summed E-state index contributed by atoms with van der Waals surface area (Å²) in [5.41, 5.74) is 22.4. The number of nitrogens with zero attached hydrogens (tertiary/aromatic N) is 2. The molecule has 2 rings (SSSR count). The van der Waals surface area contributed by atoms with Crippen LogP contribution in [-0.2, 0) is 68.7 Å². The molecule has 12 amide bonds. The molecule has 93 heavy (non-hydrogen) atoms. The Labute approximate surface area is 550 Å². The maximum Gasteiger partial charge on any atom is 0.326 e. The summed E-state index contributed by atoms with van der Waals surface area (Å²) < 4.78 is 0. The van der Waals surface area contributed by atoms with Crippen molar-refractivity contribution < 1.29 is 77.6 Å². The van der Waals surface area contributed by atoms with Gasteiger partial charge in [-0.25, -0.2) is 4.79 Å². The zero-order valence-electron chi connectivity index (χ0n) is 54.2. The van der Waals surface area contributed by atoms with Crippen LogP contribution in [0.5, 0.6) is 5.75 Å². The monoisotopic (exact) mass is 1350 g/mol. The van der Waals surface area contributed by atoms with E-state index in [1.54, 1.807) is 40.2 Å². The van der Waals surface area contributed by atoms with Crippen LogP contribution < -0.4 is 76.1 Å². The van der Waals surface area contributed by atoms with E-state index in [9.17, 15) is 77.6 Å². The first-order chi connectivity index (χ1) is 43.8. The third-order valence-electron chi connectivity index (χ3n) is 14.6. The lowest BCUT2D eigenvalue weighted by Gasteiger charge is -2.31. The molecule has 0 bridgehead atoms. The zero-order chi connectivity index (χ0) is 70.1. The summed E-state index contributed by atoms with van der Waals surface area (Å²) in [6.07, 6.45) is 3.77. The van der Waals surface area contributed by atoms with Gasteiger partial charge in [0, 0.05) is 25.9 Å². The van der Waals surface area contributed by atoms with Gasteiger partial charge in [0.05, 0.1) is 25.7 Å².